The van der Waals surface area contributed by atoms with Crippen molar-refractivity contribution in [3.05, 3.63) is 58.7 Å². The number of benzene rings is 1. The van der Waals surface area contributed by atoms with Gasteiger partial charge in [-0.2, -0.15) is 26.3 Å². The number of likely N-dealkylation sites (N-methyl/N-ethyl adjacent to an activating group) is 1. The number of halogens is 6. The molecule has 0 aliphatic carbocycles. The van der Waals surface area contributed by atoms with Crippen molar-refractivity contribution in [1.82, 2.24) is 19.9 Å². The number of carbonyl (C=O) groups excluding carboxylic acids is 2. The predicted octanol–water partition coefficient (Wildman–Crippen LogP) is 4.28. The normalized spacial score (nSPS) is 16.8. The zero-order valence-corrected chi connectivity index (χ0v) is 19.7. The van der Waals surface area contributed by atoms with E-state index < -0.39 is 52.5 Å². The van der Waals surface area contributed by atoms with E-state index >= 15 is 0 Å². The molecule has 0 N–H and O–H groups in total. The minimum atomic E-state index is -5.11. The fourth-order valence-corrected chi connectivity index (χ4v) is 3.43. The summed E-state index contributed by atoms with van der Waals surface area (Å²) in [6.45, 7) is 4.45. The first-order chi connectivity index (χ1) is 16.4. The zero-order chi connectivity index (χ0) is 27.2. The van der Waals surface area contributed by atoms with Crippen molar-refractivity contribution in [2.75, 3.05) is 14.1 Å². The van der Waals surface area contributed by atoms with Crippen molar-refractivity contribution in [2.24, 2.45) is 5.10 Å². The van der Waals surface area contributed by atoms with E-state index in [2.05, 4.69) is 15.1 Å². The van der Waals surface area contributed by atoms with Gasteiger partial charge in [0.25, 0.3) is 17.7 Å². The summed E-state index contributed by atoms with van der Waals surface area (Å²) in [7, 11) is 2.59. The summed E-state index contributed by atoms with van der Waals surface area (Å²) in [5.74, 6) is -1.66. The van der Waals surface area contributed by atoms with E-state index in [-0.39, 0.29) is 23.4 Å². The fraction of sp³-hybridized carbons (Fsp3) is 0.409. The Morgan fingerprint density at radius 3 is 2.06 bits per heavy atom. The standard InChI is InChI=1S/C22H21F6N5O3/c1-11(15-16(30-7-6-29-15)17-31-33(5)19(35)20(2,3)36-17)32(4)18(34)12-8-13(21(23,24)25)10-14(9-12)22(26,27)28/h6-11H,1-5H3. The van der Waals surface area contributed by atoms with Gasteiger partial charge in [0.15, 0.2) is 11.3 Å². The number of ether oxygens (including phenoxy) is 1. The highest BCUT2D eigenvalue weighted by atomic mass is 19.4. The second-order valence-corrected chi connectivity index (χ2v) is 8.52. The van der Waals surface area contributed by atoms with Gasteiger partial charge in [-0.05, 0) is 39.0 Å². The Morgan fingerprint density at radius 2 is 1.56 bits per heavy atom. The number of hydrogen-bond acceptors (Lipinski definition) is 6. The lowest BCUT2D eigenvalue weighted by molar-refractivity contribution is -0.148. The van der Waals surface area contributed by atoms with E-state index in [0.29, 0.717) is 12.1 Å². The van der Waals surface area contributed by atoms with Gasteiger partial charge in [-0.25, -0.2) is 9.99 Å². The highest BCUT2D eigenvalue weighted by Crippen LogP contribution is 2.37. The molecule has 36 heavy (non-hydrogen) atoms. The number of carbonyl (C=O) groups is 2. The quantitative estimate of drug-likeness (QED) is 0.566. The molecule has 2 aromatic rings. The number of alkyl halides is 6. The Morgan fingerprint density at radius 1 is 1.03 bits per heavy atom. The molecule has 0 bridgehead atoms. The number of hydrazone groups is 1. The predicted molar refractivity (Wildman–Crippen MR) is 113 cm³/mol. The average Bonchev–Trinajstić information content (AvgIpc) is 2.79. The highest BCUT2D eigenvalue weighted by molar-refractivity contribution is 6.00. The van der Waals surface area contributed by atoms with Gasteiger partial charge < -0.3 is 9.64 Å². The summed E-state index contributed by atoms with van der Waals surface area (Å²) in [4.78, 5) is 34.5. The smallest absolute Gasteiger partial charge is 0.416 e. The first-order valence-corrected chi connectivity index (χ1v) is 10.4. The third kappa shape index (κ3) is 5.26. The first-order valence-electron chi connectivity index (χ1n) is 10.4. The van der Waals surface area contributed by atoms with Crippen LogP contribution in [0.15, 0.2) is 35.7 Å². The topological polar surface area (TPSA) is 88.0 Å². The molecular weight excluding hydrogens is 496 g/mol. The van der Waals surface area contributed by atoms with Crippen LogP contribution in [-0.4, -0.2) is 57.3 Å². The van der Waals surface area contributed by atoms with Gasteiger partial charge in [0, 0.05) is 32.1 Å². The van der Waals surface area contributed by atoms with Gasteiger partial charge in [0.2, 0.25) is 0 Å². The summed E-state index contributed by atoms with van der Waals surface area (Å²) >= 11 is 0. The minimum Gasteiger partial charge on any atom is -0.459 e. The molecule has 2 amide bonds. The fourth-order valence-electron chi connectivity index (χ4n) is 3.43. The molecular formula is C22H21F6N5O3. The van der Waals surface area contributed by atoms with Crippen molar-refractivity contribution in [3.8, 4) is 0 Å². The Labute approximate surface area is 201 Å². The van der Waals surface area contributed by atoms with Gasteiger partial charge in [-0.15, -0.1) is 5.10 Å². The van der Waals surface area contributed by atoms with Gasteiger partial charge in [-0.3, -0.25) is 14.6 Å². The van der Waals surface area contributed by atoms with Crippen LogP contribution in [0.25, 0.3) is 0 Å². The highest BCUT2D eigenvalue weighted by Gasteiger charge is 2.41. The minimum absolute atomic E-state index is 0.0390. The van der Waals surface area contributed by atoms with E-state index in [4.69, 9.17) is 4.74 Å². The lowest BCUT2D eigenvalue weighted by Gasteiger charge is -2.33. The van der Waals surface area contributed by atoms with Crippen LogP contribution in [0.3, 0.4) is 0 Å². The molecule has 1 aromatic heterocycles. The van der Waals surface area contributed by atoms with Crippen LogP contribution in [0.5, 0.6) is 0 Å². The summed E-state index contributed by atoms with van der Waals surface area (Å²) in [5, 5.41) is 5.07. The second-order valence-electron chi connectivity index (χ2n) is 8.52. The Bertz CT molecular complexity index is 1190. The summed E-state index contributed by atoms with van der Waals surface area (Å²) in [6, 6.07) is -0.340. The monoisotopic (exact) mass is 517 g/mol. The molecule has 0 fully saturated rings. The van der Waals surface area contributed by atoms with Crippen molar-refractivity contribution in [3.63, 3.8) is 0 Å². The SMILES string of the molecule is CC(c1nccnc1C1=NN(C)C(=O)C(C)(C)O1)N(C)C(=O)c1cc(C(F)(F)F)cc(C(F)(F)F)c1. The van der Waals surface area contributed by atoms with Gasteiger partial charge >= 0.3 is 12.4 Å². The number of nitrogens with zero attached hydrogens (tertiary/aromatic N) is 5. The molecule has 3 rings (SSSR count). The first kappa shape index (κ1) is 26.9. The largest absolute Gasteiger partial charge is 0.459 e. The van der Waals surface area contributed by atoms with Crippen LogP contribution in [0, 0.1) is 0 Å². The summed E-state index contributed by atoms with van der Waals surface area (Å²) in [5.41, 5.74) is -5.21. The second kappa shape index (κ2) is 9.06. The molecule has 0 saturated carbocycles. The van der Waals surface area contributed by atoms with Gasteiger partial charge in [0.1, 0.15) is 0 Å². The number of rotatable bonds is 4. The number of aromatic nitrogens is 2. The van der Waals surface area contributed by atoms with Gasteiger partial charge in [-0.1, -0.05) is 0 Å². The Balaban J connectivity index is 2.02. The molecule has 0 radical (unpaired) electrons. The summed E-state index contributed by atoms with van der Waals surface area (Å²) in [6.07, 6.45) is -7.63. The summed E-state index contributed by atoms with van der Waals surface area (Å²) < 4.78 is 85.1. The molecule has 1 unspecified atom stereocenters. The van der Waals surface area contributed by atoms with Crippen LogP contribution in [-0.2, 0) is 21.9 Å². The maximum atomic E-state index is 13.2. The molecule has 1 aromatic carbocycles. The zero-order valence-electron chi connectivity index (χ0n) is 19.7. The molecule has 14 heteroatoms. The Kier molecular flexibility index (Phi) is 6.77. The molecule has 1 aliphatic heterocycles. The number of hydrogen-bond donors (Lipinski definition) is 0. The molecule has 2 heterocycles. The molecule has 1 atom stereocenters. The van der Waals surface area contributed by atoms with E-state index in [1.807, 2.05) is 0 Å². The van der Waals surface area contributed by atoms with Crippen molar-refractivity contribution >= 4 is 17.7 Å². The molecule has 0 spiro atoms. The van der Waals surface area contributed by atoms with Crippen LogP contribution < -0.4 is 0 Å². The van der Waals surface area contributed by atoms with Crippen LogP contribution in [0.2, 0.25) is 0 Å². The maximum absolute atomic E-state index is 13.2. The molecule has 0 saturated heterocycles. The van der Waals surface area contributed by atoms with E-state index in [1.54, 1.807) is 0 Å². The maximum Gasteiger partial charge on any atom is 0.416 e. The molecule has 194 valence electrons. The van der Waals surface area contributed by atoms with Crippen molar-refractivity contribution in [1.29, 1.82) is 0 Å². The van der Waals surface area contributed by atoms with E-state index in [0.717, 1.165) is 9.91 Å². The molecule has 1 aliphatic rings. The lowest BCUT2D eigenvalue weighted by atomic mass is 10.0. The lowest BCUT2D eigenvalue weighted by Crippen LogP contribution is -2.49. The number of amides is 2. The third-order valence-corrected chi connectivity index (χ3v) is 5.46. The van der Waals surface area contributed by atoms with Crippen LogP contribution in [0.4, 0.5) is 26.3 Å². The van der Waals surface area contributed by atoms with Crippen molar-refractivity contribution < 1.29 is 40.7 Å². The van der Waals surface area contributed by atoms with Crippen molar-refractivity contribution in [2.45, 2.75) is 44.8 Å². The van der Waals surface area contributed by atoms with E-state index in [9.17, 15) is 35.9 Å². The van der Waals surface area contributed by atoms with Crippen LogP contribution >= 0.6 is 0 Å². The average molecular weight is 517 g/mol. The van der Waals surface area contributed by atoms with Crippen LogP contribution in [0.1, 0.15) is 59.7 Å². The Hall–Kier alpha value is -3.71. The van der Waals surface area contributed by atoms with Gasteiger partial charge in [0.05, 0.1) is 22.9 Å². The molecule has 8 nitrogen and oxygen atoms in total. The third-order valence-electron chi connectivity index (χ3n) is 5.46. The van der Waals surface area contributed by atoms with E-state index in [1.165, 1.54) is 47.3 Å².